The van der Waals surface area contributed by atoms with Crippen LogP contribution in [0.15, 0.2) is 71.6 Å². The van der Waals surface area contributed by atoms with Gasteiger partial charge in [-0.25, -0.2) is 8.42 Å². The lowest BCUT2D eigenvalue weighted by atomic mass is 9.85. The lowest BCUT2D eigenvalue weighted by Gasteiger charge is -2.43. The van der Waals surface area contributed by atoms with Crippen molar-refractivity contribution in [1.82, 2.24) is 9.62 Å². The van der Waals surface area contributed by atoms with Crippen LogP contribution in [0.2, 0.25) is 0 Å². The quantitative estimate of drug-likeness (QED) is 0.183. The molecule has 13 nitrogen and oxygen atoms in total. The second kappa shape index (κ2) is 19.8. The molecule has 3 heterocycles. The number of aryl methyl sites for hydroxylation is 1. The maximum atomic E-state index is 14.3. The summed E-state index contributed by atoms with van der Waals surface area (Å²) in [5.74, 6) is 0.236. The van der Waals surface area contributed by atoms with E-state index in [1.54, 1.807) is 43.4 Å². The zero-order valence-corrected chi connectivity index (χ0v) is 34.0. The smallest absolute Gasteiger partial charge is 0.247 e. The highest BCUT2D eigenvalue weighted by Gasteiger charge is 2.44. The summed E-state index contributed by atoms with van der Waals surface area (Å²) in [6, 6.07) is 20.3. The molecule has 6 atom stereocenters. The Morgan fingerprint density at radius 1 is 0.929 bits per heavy atom. The van der Waals surface area contributed by atoms with Gasteiger partial charge in [0.25, 0.3) is 0 Å². The molecule has 2 fully saturated rings. The van der Waals surface area contributed by atoms with Crippen LogP contribution in [0.5, 0.6) is 5.75 Å². The van der Waals surface area contributed by atoms with Crippen LogP contribution < -0.4 is 15.0 Å². The van der Waals surface area contributed by atoms with Crippen molar-refractivity contribution in [3.8, 4) is 5.75 Å². The molecule has 306 valence electrons. The van der Waals surface area contributed by atoms with Gasteiger partial charge in [-0.2, -0.15) is 4.31 Å². The maximum Gasteiger partial charge on any atom is 0.247 e. The second-order valence-corrected chi connectivity index (χ2v) is 16.5. The second-order valence-electron chi connectivity index (χ2n) is 14.6. The Morgan fingerprint density at radius 2 is 1.66 bits per heavy atom. The molecular weight excluding hydrogens is 739 g/mol. The molecule has 0 radical (unpaired) electrons. The van der Waals surface area contributed by atoms with E-state index in [2.05, 4.69) is 5.32 Å². The lowest BCUT2D eigenvalue weighted by Crippen LogP contribution is -2.54. The van der Waals surface area contributed by atoms with Crippen LogP contribution >= 0.6 is 0 Å². The Kier molecular flexibility index (Phi) is 14.9. The summed E-state index contributed by atoms with van der Waals surface area (Å²) in [4.78, 5) is 15.8. The largest absolute Gasteiger partial charge is 0.490 e. The van der Waals surface area contributed by atoms with Crippen molar-refractivity contribution >= 4 is 21.6 Å². The predicted octanol–water partition coefficient (Wildman–Crippen LogP) is 4.44. The number of sulfonamides is 1. The Balaban J connectivity index is 1.30. The molecule has 0 spiro atoms. The van der Waals surface area contributed by atoms with E-state index in [9.17, 15) is 13.2 Å². The van der Waals surface area contributed by atoms with Crippen LogP contribution in [0.3, 0.4) is 0 Å². The number of hydrogen-bond acceptors (Lipinski definition) is 11. The SMILES string of the molecule is CCO[C@H](C)CO[C@@H]1CN(S(=O)(=O)c2ccc(C)cc2)C[C@H](OCc2ccc3c(c2)N(C(=O)[C@H]2NCCC2OC)CCO3)[C@H]1c1ccc(COCCOC)cc1. The number of carbonyl (C=O) groups is 1. The van der Waals surface area contributed by atoms with E-state index in [1.807, 2.05) is 63.2 Å². The molecule has 3 aliphatic heterocycles. The summed E-state index contributed by atoms with van der Waals surface area (Å²) in [5, 5.41) is 3.30. The number of methoxy groups -OCH3 is 2. The summed E-state index contributed by atoms with van der Waals surface area (Å²) >= 11 is 0. The topological polar surface area (TPSA) is 134 Å². The van der Waals surface area contributed by atoms with Gasteiger partial charge < -0.3 is 43.4 Å². The molecule has 1 unspecified atom stereocenters. The van der Waals surface area contributed by atoms with E-state index in [0.717, 1.165) is 28.7 Å². The number of hydrogen-bond donors (Lipinski definition) is 1. The number of benzene rings is 3. The fraction of sp³-hybridized carbons (Fsp3) is 0.548. The van der Waals surface area contributed by atoms with E-state index in [0.29, 0.717) is 57.6 Å². The number of nitrogens with one attached hydrogen (secondary N) is 1. The van der Waals surface area contributed by atoms with Gasteiger partial charge in [0.15, 0.2) is 0 Å². The van der Waals surface area contributed by atoms with Gasteiger partial charge in [0.2, 0.25) is 15.9 Å². The van der Waals surface area contributed by atoms with Crippen LogP contribution in [-0.4, -0.2) is 123 Å². The Labute approximate surface area is 331 Å². The van der Waals surface area contributed by atoms with Gasteiger partial charge in [0.05, 0.1) is 74.6 Å². The molecule has 14 heteroatoms. The summed E-state index contributed by atoms with van der Waals surface area (Å²) in [7, 11) is -0.633. The van der Waals surface area contributed by atoms with Gasteiger partial charge >= 0.3 is 0 Å². The number of fused-ring (bicyclic) bond motifs is 1. The van der Waals surface area contributed by atoms with Gasteiger partial charge in [0.1, 0.15) is 18.4 Å². The third kappa shape index (κ3) is 10.2. The first-order chi connectivity index (χ1) is 27.1. The van der Waals surface area contributed by atoms with Gasteiger partial charge in [0, 0.05) is 39.8 Å². The first-order valence-corrected chi connectivity index (χ1v) is 21.0. The maximum absolute atomic E-state index is 14.3. The molecule has 3 aliphatic rings. The average Bonchev–Trinajstić information content (AvgIpc) is 3.70. The molecule has 2 saturated heterocycles. The van der Waals surface area contributed by atoms with Crippen molar-refractivity contribution in [1.29, 1.82) is 0 Å². The molecule has 0 aliphatic carbocycles. The highest BCUT2D eigenvalue weighted by Crippen LogP contribution is 2.38. The Hall–Kier alpha value is -3.44. The molecule has 3 aromatic rings. The molecule has 1 amide bonds. The number of carbonyl (C=O) groups excluding carboxylic acids is 1. The Bertz CT molecular complexity index is 1830. The van der Waals surface area contributed by atoms with Gasteiger partial charge in [-0.15, -0.1) is 0 Å². The van der Waals surface area contributed by atoms with Crippen molar-refractivity contribution in [2.24, 2.45) is 0 Å². The summed E-state index contributed by atoms with van der Waals surface area (Å²) in [6.45, 7) is 9.95. The van der Waals surface area contributed by atoms with Gasteiger partial charge in [-0.3, -0.25) is 4.79 Å². The van der Waals surface area contributed by atoms with E-state index in [-0.39, 0.29) is 55.2 Å². The fourth-order valence-electron chi connectivity index (χ4n) is 7.63. The summed E-state index contributed by atoms with van der Waals surface area (Å²) in [6.07, 6.45) is -0.796. The highest BCUT2D eigenvalue weighted by molar-refractivity contribution is 7.89. The van der Waals surface area contributed by atoms with E-state index in [1.165, 1.54) is 4.31 Å². The van der Waals surface area contributed by atoms with Gasteiger partial charge in [-0.1, -0.05) is 48.0 Å². The minimum absolute atomic E-state index is 0.0601. The van der Waals surface area contributed by atoms with Crippen LogP contribution in [0, 0.1) is 6.92 Å². The minimum Gasteiger partial charge on any atom is -0.490 e. The van der Waals surface area contributed by atoms with E-state index >= 15 is 0 Å². The van der Waals surface area contributed by atoms with Crippen LogP contribution in [0.25, 0.3) is 0 Å². The summed E-state index contributed by atoms with van der Waals surface area (Å²) in [5.41, 5.74) is 4.42. The monoisotopic (exact) mass is 795 g/mol. The number of piperidine rings is 1. The fourth-order valence-corrected chi connectivity index (χ4v) is 9.10. The van der Waals surface area contributed by atoms with Crippen molar-refractivity contribution in [2.45, 2.75) is 81.7 Å². The molecule has 0 aromatic heterocycles. The third-order valence-corrected chi connectivity index (χ3v) is 12.5. The van der Waals surface area contributed by atoms with Crippen molar-refractivity contribution < 1.29 is 46.4 Å². The van der Waals surface area contributed by atoms with Crippen LogP contribution in [0.4, 0.5) is 5.69 Å². The standard InChI is InChI=1S/C42H57N3O10S/c1-6-52-30(3)26-54-38-24-44(56(47,48)34-14-7-29(2)8-15-34)25-39(40(38)33-12-9-31(10-13-33)27-51-22-21-49-4)55-28-32-11-16-36-35(23-32)45(19-20-53-36)42(46)41-37(50-5)17-18-43-41/h7-16,23,30,37-41,43H,6,17-22,24-28H2,1-5H3/t30-,37?,38-,39+,40+,41+/m1/s1. The lowest BCUT2D eigenvalue weighted by molar-refractivity contribution is -0.123. The molecule has 1 N–H and O–H groups in total. The predicted molar refractivity (Wildman–Crippen MR) is 212 cm³/mol. The van der Waals surface area contributed by atoms with Crippen molar-refractivity contribution in [3.05, 3.63) is 89.0 Å². The zero-order valence-electron chi connectivity index (χ0n) is 33.2. The van der Waals surface area contributed by atoms with E-state index < -0.39 is 28.3 Å². The normalized spacial score (nSPS) is 23.4. The number of nitrogens with zero attached hydrogens (tertiary/aromatic N) is 2. The number of ether oxygens (including phenoxy) is 7. The molecule has 56 heavy (non-hydrogen) atoms. The van der Waals surface area contributed by atoms with Crippen molar-refractivity contribution in [3.63, 3.8) is 0 Å². The highest BCUT2D eigenvalue weighted by atomic mass is 32.2. The number of anilines is 1. The molecule has 0 saturated carbocycles. The first kappa shape index (κ1) is 42.2. The molecule has 0 bridgehead atoms. The molecular formula is C42H57N3O10S. The van der Waals surface area contributed by atoms with E-state index in [4.69, 9.17) is 33.2 Å². The Morgan fingerprint density at radius 3 is 2.38 bits per heavy atom. The number of rotatable bonds is 18. The third-order valence-electron chi connectivity index (χ3n) is 10.6. The molecule has 6 rings (SSSR count). The average molecular weight is 796 g/mol. The van der Waals surface area contributed by atoms with Crippen molar-refractivity contribution in [2.75, 3.05) is 78.3 Å². The number of amides is 1. The minimum atomic E-state index is -3.91. The zero-order chi connectivity index (χ0) is 39.7. The first-order valence-electron chi connectivity index (χ1n) is 19.5. The van der Waals surface area contributed by atoms with Crippen LogP contribution in [-0.2, 0) is 56.5 Å². The summed E-state index contributed by atoms with van der Waals surface area (Å²) < 4.78 is 71.7. The van der Waals surface area contributed by atoms with Gasteiger partial charge in [-0.05, 0) is 74.7 Å². The van der Waals surface area contributed by atoms with Crippen LogP contribution in [0.1, 0.15) is 48.4 Å². The molecule has 3 aromatic carbocycles.